The molecule has 0 amide bonds. The van der Waals surface area contributed by atoms with Gasteiger partial charge in [0.25, 0.3) is 0 Å². The van der Waals surface area contributed by atoms with E-state index in [-0.39, 0.29) is 5.75 Å². The fourth-order valence-corrected chi connectivity index (χ4v) is 1.12. The summed E-state index contributed by atoms with van der Waals surface area (Å²) in [5, 5.41) is 21.2. The fraction of sp³-hybridized carbons (Fsp3) is 0.333. The van der Waals surface area contributed by atoms with Crippen LogP contribution in [0.25, 0.3) is 0 Å². The van der Waals surface area contributed by atoms with Gasteiger partial charge in [0.1, 0.15) is 5.75 Å². The third-order valence-corrected chi connectivity index (χ3v) is 1.97. The second-order valence-electron chi connectivity index (χ2n) is 3.09. The van der Waals surface area contributed by atoms with Crippen LogP contribution in [0.3, 0.4) is 0 Å². The van der Waals surface area contributed by atoms with Gasteiger partial charge in [-0.05, 0) is 13.0 Å². The van der Waals surface area contributed by atoms with Crippen molar-refractivity contribution < 1.29 is 19.3 Å². The average Bonchev–Trinajstić information content (AvgIpc) is 2.28. The van der Waals surface area contributed by atoms with Crippen molar-refractivity contribution in [1.29, 1.82) is 0 Å². The van der Waals surface area contributed by atoms with Gasteiger partial charge in [-0.1, -0.05) is 0 Å². The molecule has 0 aliphatic rings. The molecule has 0 heterocycles. The lowest BCUT2D eigenvalue weighted by Gasteiger charge is -2.11. The molecule has 0 saturated heterocycles. The largest absolute Gasteiger partial charge is 0.465 e. The van der Waals surface area contributed by atoms with Crippen LogP contribution in [0, 0.1) is 20.2 Å². The van der Waals surface area contributed by atoms with Crippen molar-refractivity contribution in [3.05, 3.63) is 38.4 Å². The van der Waals surface area contributed by atoms with E-state index in [1.807, 2.05) is 0 Å². The number of nitro groups is 2. The molecule has 0 fully saturated rings. The molecule has 1 unspecified atom stereocenters. The van der Waals surface area contributed by atoms with E-state index in [2.05, 4.69) is 0 Å². The average molecular weight is 242 g/mol. The van der Waals surface area contributed by atoms with E-state index in [1.54, 1.807) is 6.92 Å². The van der Waals surface area contributed by atoms with Crippen LogP contribution in [-0.2, 0) is 4.74 Å². The second-order valence-corrected chi connectivity index (χ2v) is 3.09. The highest BCUT2D eigenvalue weighted by Gasteiger charge is 2.24. The number of nitrogens with zero attached hydrogens (tertiary/aromatic N) is 2. The number of methoxy groups -OCH3 is 1. The Balaban J connectivity index is 3.10. The van der Waals surface area contributed by atoms with Gasteiger partial charge < -0.3 is 9.47 Å². The standard InChI is InChI=1S/C9H10N2O6/c1-6(16-2)17-7-3-4-8(10(12)13)9(5-7)11(14)15/h3-6H,1-2H3. The van der Waals surface area contributed by atoms with Gasteiger partial charge in [-0.2, -0.15) is 0 Å². The maximum Gasteiger partial charge on any atom is 0.349 e. The maximum absolute atomic E-state index is 10.6. The number of hydrogen-bond acceptors (Lipinski definition) is 6. The predicted octanol–water partition coefficient (Wildman–Crippen LogP) is 1.87. The van der Waals surface area contributed by atoms with E-state index in [9.17, 15) is 20.2 Å². The summed E-state index contributed by atoms with van der Waals surface area (Å²) in [6.45, 7) is 1.59. The molecule has 0 spiro atoms. The molecule has 8 heteroatoms. The molecule has 1 aromatic carbocycles. The molecule has 0 aliphatic carbocycles. The Hall–Kier alpha value is -2.22. The van der Waals surface area contributed by atoms with Crippen molar-refractivity contribution in [1.82, 2.24) is 0 Å². The topological polar surface area (TPSA) is 105 Å². The predicted molar refractivity (Wildman–Crippen MR) is 56.8 cm³/mol. The monoisotopic (exact) mass is 242 g/mol. The van der Waals surface area contributed by atoms with Crippen molar-refractivity contribution >= 4 is 11.4 Å². The van der Waals surface area contributed by atoms with Crippen LogP contribution in [0.1, 0.15) is 6.92 Å². The minimum absolute atomic E-state index is 0.136. The van der Waals surface area contributed by atoms with E-state index in [0.717, 1.165) is 12.1 Å². The molecule has 1 rings (SSSR count). The van der Waals surface area contributed by atoms with Crippen LogP contribution in [-0.4, -0.2) is 23.2 Å². The summed E-state index contributed by atoms with van der Waals surface area (Å²) >= 11 is 0. The van der Waals surface area contributed by atoms with Crippen molar-refractivity contribution in [2.75, 3.05) is 7.11 Å². The summed E-state index contributed by atoms with van der Waals surface area (Å²) in [5.74, 6) is 0.136. The molecule has 0 bridgehead atoms. The number of rotatable bonds is 5. The molecule has 8 nitrogen and oxygen atoms in total. The van der Waals surface area contributed by atoms with E-state index in [4.69, 9.17) is 9.47 Å². The highest BCUT2D eigenvalue weighted by molar-refractivity contribution is 5.55. The Labute approximate surface area is 96.1 Å². The van der Waals surface area contributed by atoms with Gasteiger partial charge in [0, 0.05) is 13.2 Å². The van der Waals surface area contributed by atoms with Crippen LogP contribution in [0.15, 0.2) is 18.2 Å². The van der Waals surface area contributed by atoms with Crippen molar-refractivity contribution in [3.8, 4) is 5.75 Å². The van der Waals surface area contributed by atoms with E-state index in [0.29, 0.717) is 0 Å². The van der Waals surface area contributed by atoms with Gasteiger partial charge in [0.15, 0.2) is 6.29 Å². The zero-order valence-electron chi connectivity index (χ0n) is 9.15. The van der Waals surface area contributed by atoms with Crippen LogP contribution < -0.4 is 4.74 Å². The Morgan fingerprint density at radius 1 is 1.18 bits per heavy atom. The molecule has 0 aromatic heterocycles. The first kappa shape index (κ1) is 12.8. The van der Waals surface area contributed by atoms with Crippen LogP contribution >= 0.6 is 0 Å². The quantitative estimate of drug-likeness (QED) is 0.443. The Morgan fingerprint density at radius 2 is 1.76 bits per heavy atom. The number of hydrogen-bond donors (Lipinski definition) is 0. The minimum Gasteiger partial charge on any atom is -0.465 e. The summed E-state index contributed by atoms with van der Waals surface area (Å²) in [6.07, 6.45) is -0.601. The molecular weight excluding hydrogens is 232 g/mol. The number of benzene rings is 1. The molecular formula is C9H10N2O6. The smallest absolute Gasteiger partial charge is 0.349 e. The SMILES string of the molecule is COC(C)Oc1ccc([N+](=O)[O-])c([N+](=O)[O-])c1. The van der Waals surface area contributed by atoms with Crippen molar-refractivity contribution in [2.45, 2.75) is 13.2 Å². The summed E-state index contributed by atoms with van der Waals surface area (Å²) in [4.78, 5) is 19.6. The zero-order valence-corrected chi connectivity index (χ0v) is 9.15. The van der Waals surface area contributed by atoms with E-state index < -0.39 is 27.5 Å². The first-order chi connectivity index (χ1) is 7.95. The highest BCUT2D eigenvalue weighted by atomic mass is 16.7. The number of ether oxygens (including phenoxy) is 2. The van der Waals surface area contributed by atoms with E-state index >= 15 is 0 Å². The summed E-state index contributed by atoms with van der Waals surface area (Å²) in [7, 11) is 1.41. The van der Waals surface area contributed by atoms with Gasteiger partial charge in [-0.25, -0.2) is 0 Å². The fourth-order valence-electron chi connectivity index (χ4n) is 1.12. The lowest BCUT2D eigenvalue weighted by atomic mass is 10.2. The molecule has 1 aromatic rings. The summed E-state index contributed by atoms with van der Waals surface area (Å²) in [5.41, 5.74) is -1.19. The normalized spacial score (nSPS) is 11.9. The van der Waals surface area contributed by atoms with Gasteiger partial charge >= 0.3 is 11.4 Å². The lowest BCUT2D eigenvalue weighted by Crippen LogP contribution is -2.13. The number of nitro benzene ring substituents is 2. The van der Waals surface area contributed by atoms with Gasteiger partial charge in [-0.3, -0.25) is 20.2 Å². The molecule has 0 saturated carbocycles. The maximum atomic E-state index is 10.6. The lowest BCUT2D eigenvalue weighted by molar-refractivity contribution is -0.422. The molecule has 0 N–H and O–H groups in total. The van der Waals surface area contributed by atoms with Crippen LogP contribution in [0.4, 0.5) is 11.4 Å². The first-order valence-electron chi connectivity index (χ1n) is 4.58. The Kier molecular flexibility index (Phi) is 3.94. The first-order valence-corrected chi connectivity index (χ1v) is 4.58. The molecule has 92 valence electrons. The Morgan fingerprint density at radius 3 is 2.24 bits per heavy atom. The summed E-state index contributed by atoms with van der Waals surface area (Å²) in [6, 6.07) is 3.30. The van der Waals surface area contributed by atoms with Crippen LogP contribution in [0.2, 0.25) is 0 Å². The van der Waals surface area contributed by atoms with E-state index in [1.165, 1.54) is 13.2 Å². The van der Waals surface area contributed by atoms with Crippen molar-refractivity contribution in [2.24, 2.45) is 0 Å². The zero-order chi connectivity index (χ0) is 13.0. The third kappa shape index (κ3) is 3.11. The second kappa shape index (κ2) is 5.21. The molecule has 1 atom stereocenters. The molecule has 0 aliphatic heterocycles. The Bertz CT molecular complexity index is 447. The van der Waals surface area contributed by atoms with Crippen LogP contribution in [0.5, 0.6) is 5.75 Å². The van der Waals surface area contributed by atoms with Gasteiger partial charge in [-0.15, -0.1) is 0 Å². The summed E-state index contributed by atoms with van der Waals surface area (Å²) < 4.78 is 9.95. The molecule has 17 heavy (non-hydrogen) atoms. The molecule has 0 radical (unpaired) electrons. The van der Waals surface area contributed by atoms with Gasteiger partial charge in [0.05, 0.1) is 15.9 Å². The van der Waals surface area contributed by atoms with Crippen molar-refractivity contribution in [3.63, 3.8) is 0 Å². The minimum atomic E-state index is -0.831. The van der Waals surface area contributed by atoms with Gasteiger partial charge in [0.2, 0.25) is 0 Å². The highest BCUT2D eigenvalue weighted by Crippen LogP contribution is 2.30. The third-order valence-electron chi connectivity index (χ3n) is 1.97.